The summed E-state index contributed by atoms with van der Waals surface area (Å²) in [5.74, 6) is 0.652. The Morgan fingerprint density at radius 1 is 1.41 bits per heavy atom. The van der Waals surface area contributed by atoms with E-state index in [1.165, 1.54) is 0 Å². The fourth-order valence-electron chi connectivity index (χ4n) is 1.61. The quantitative estimate of drug-likeness (QED) is 0.913. The van der Waals surface area contributed by atoms with E-state index in [4.69, 9.17) is 15.2 Å². The minimum Gasteiger partial charge on any atom is -0.489 e. The van der Waals surface area contributed by atoms with Crippen LogP contribution in [0.5, 0.6) is 11.5 Å². The molecule has 1 aromatic carbocycles. The van der Waals surface area contributed by atoms with E-state index < -0.39 is 0 Å². The number of rotatable bonds is 2. The zero-order valence-corrected chi connectivity index (χ0v) is 10.8. The molecule has 1 aliphatic rings. The molecule has 0 radical (unpaired) electrons. The smallest absolute Gasteiger partial charge is 0.171 e. The van der Waals surface area contributed by atoms with Gasteiger partial charge < -0.3 is 15.2 Å². The lowest BCUT2D eigenvalue weighted by atomic mass is 10.1. The third kappa shape index (κ3) is 2.61. The minimum absolute atomic E-state index is 0.349. The van der Waals surface area contributed by atoms with Gasteiger partial charge in [-0.3, -0.25) is 0 Å². The lowest BCUT2D eigenvalue weighted by Crippen LogP contribution is -1.99. The van der Waals surface area contributed by atoms with Gasteiger partial charge in [0.25, 0.3) is 0 Å². The van der Waals surface area contributed by atoms with Gasteiger partial charge in [0.05, 0.1) is 23.2 Å². The summed E-state index contributed by atoms with van der Waals surface area (Å²) >= 11 is 3.17. The molecule has 3 nitrogen and oxygen atoms in total. The average molecular weight is 302 g/mol. The molecule has 1 aliphatic heterocycles. The Labute approximate surface area is 108 Å². The average Bonchev–Trinajstić information content (AvgIpc) is 2.55. The molecule has 2 N–H and O–H groups in total. The third-order valence-corrected chi connectivity index (χ3v) is 2.96. The van der Waals surface area contributed by atoms with E-state index in [9.17, 15) is 4.39 Å². The number of fused-ring (bicyclic) bond motifs is 1. The molecule has 92 valence electrons. The van der Waals surface area contributed by atoms with Crippen LogP contribution >= 0.6 is 15.9 Å². The normalized spacial score (nSPS) is 15.0. The number of hydrogen-bond acceptors (Lipinski definition) is 3. The lowest BCUT2D eigenvalue weighted by molar-refractivity contribution is 0.296. The summed E-state index contributed by atoms with van der Waals surface area (Å²) in [6.45, 7) is 1.45. The molecule has 0 bridgehead atoms. The maximum absolute atomic E-state index is 14.0. The Hall–Kier alpha value is -1.07. The summed E-state index contributed by atoms with van der Waals surface area (Å²) in [7, 11) is 0. The van der Waals surface area contributed by atoms with Crippen molar-refractivity contribution >= 4 is 22.0 Å². The largest absolute Gasteiger partial charge is 0.489 e. The molecule has 5 heteroatoms. The standard InChI is InChI=1S/C12H13BrFNO2/c13-9-7-10-12(17-6-2-5-16-10)8(11(9)14)3-1-4-15/h1,3,7H,2,4-6,15H2/b3-1+. The molecule has 0 aromatic heterocycles. The highest BCUT2D eigenvalue weighted by molar-refractivity contribution is 9.10. The molecule has 1 heterocycles. The number of hydrogen-bond donors (Lipinski definition) is 1. The molecule has 0 fully saturated rings. The van der Waals surface area contributed by atoms with Crippen molar-refractivity contribution in [2.24, 2.45) is 5.73 Å². The first-order valence-corrected chi connectivity index (χ1v) is 6.17. The molecule has 0 amide bonds. The summed E-state index contributed by atoms with van der Waals surface area (Å²) in [5, 5.41) is 0. The fraction of sp³-hybridized carbons (Fsp3) is 0.333. The fourth-order valence-corrected chi connectivity index (χ4v) is 2.03. The Kier molecular flexibility index (Phi) is 4.02. The van der Waals surface area contributed by atoms with Gasteiger partial charge in [-0.15, -0.1) is 0 Å². The summed E-state index contributed by atoms with van der Waals surface area (Å²) in [6, 6.07) is 1.59. The molecule has 1 aromatic rings. The zero-order chi connectivity index (χ0) is 12.3. The summed E-state index contributed by atoms with van der Waals surface area (Å²) in [6.07, 6.45) is 4.08. The van der Waals surface area contributed by atoms with Gasteiger partial charge in [-0.2, -0.15) is 0 Å². The molecule has 0 aliphatic carbocycles. The van der Waals surface area contributed by atoms with Crippen LogP contribution in [0.1, 0.15) is 12.0 Å². The Morgan fingerprint density at radius 3 is 2.94 bits per heavy atom. The lowest BCUT2D eigenvalue weighted by Gasteiger charge is -2.12. The second-order valence-corrected chi connectivity index (χ2v) is 4.46. The molecule has 0 spiro atoms. The monoisotopic (exact) mass is 301 g/mol. The van der Waals surface area contributed by atoms with Crippen LogP contribution in [0.15, 0.2) is 16.6 Å². The Morgan fingerprint density at radius 2 is 2.18 bits per heavy atom. The van der Waals surface area contributed by atoms with E-state index in [0.29, 0.717) is 41.3 Å². The molecule has 0 saturated carbocycles. The van der Waals surface area contributed by atoms with Crippen LogP contribution in [-0.2, 0) is 0 Å². The first-order chi connectivity index (χ1) is 8.24. The first kappa shape index (κ1) is 12.4. The van der Waals surface area contributed by atoms with Gasteiger partial charge in [0.2, 0.25) is 0 Å². The maximum atomic E-state index is 14.0. The molecular formula is C12H13BrFNO2. The van der Waals surface area contributed by atoms with Crippen molar-refractivity contribution in [3.8, 4) is 11.5 Å². The van der Waals surface area contributed by atoms with Gasteiger partial charge in [0.15, 0.2) is 11.5 Å². The highest BCUT2D eigenvalue weighted by Crippen LogP contribution is 2.39. The van der Waals surface area contributed by atoms with Crippen molar-refractivity contribution < 1.29 is 13.9 Å². The zero-order valence-electron chi connectivity index (χ0n) is 9.21. The van der Waals surface area contributed by atoms with Gasteiger partial charge in [0.1, 0.15) is 5.82 Å². The molecular weight excluding hydrogens is 289 g/mol. The van der Waals surface area contributed by atoms with Gasteiger partial charge >= 0.3 is 0 Å². The highest BCUT2D eigenvalue weighted by Gasteiger charge is 2.19. The molecule has 0 unspecified atom stereocenters. The summed E-state index contributed by atoms with van der Waals surface area (Å²) in [4.78, 5) is 0. The van der Waals surface area contributed by atoms with Crippen molar-refractivity contribution in [3.63, 3.8) is 0 Å². The van der Waals surface area contributed by atoms with E-state index in [1.807, 2.05) is 0 Å². The van der Waals surface area contributed by atoms with Crippen LogP contribution in [0.2, 0.25) is 0 Å². The third-order valence-electron chi connectivity index (χ3n) is 2.39. The summed E-state index contributed by atoms with van der Waals surface area (Å²) < 4.78 is 25.4. The topological polar surface area (TPSA) is 44.5 Å². The van der Waals surface area contributed by atoms with Crippen LogP contribution < -0.4 is 15.2 Å². The van der Waals surface area contributed by atoms with Crippen molar-refractivity contribution in [1.82, 2.24) is 0 Å². The van der Waals surface area contributed by atoms with Gasteiger partial charge in [-0.25, -0.2) is 4.39 Å². The van der Waals surface area contributed by atoms with Crippen molar-refractivity contribution in [1.29, 1.82) is 0 Å². The first-order valence-electron chi connectivity index (χ1n) is 5.38. The van der Waals surface area contributed by atoms with Crippen LogP contribution in [0.25, 0.3) is 6.08 Å². The Bertz CT molecular complexity index is 449. The number of ether oxygens (including phenoxy) is 2. The second kappa shape index (κ2) is 5.51. The van der Waals surface area contributed by atoms with E-state index in [-0.39, 0.29) is 5.82 Å². The number of benzene rings is 1. The SMILES string of the molecule is NC/C=C/c1c(F)c(Br)cc2c1OCCCO2. The van der Waals surface area contributed by atoms with E-state index in [1.54, 1.807) is 18.2 Å². The van der Waals surface area contributed by atoms with Crippen LogP contribution in [-0.4, -0.2) is 19.8 Å². The van der Waals surface area contributed by atoms with Crippen LogP contribution in [0, 0.1) is 5.82 Å². The predicted molar refractivity (Wildman–Crippen MR) is 67.8 cm³/mol. The van der Waals surface area contributed by atoms with Crippen LogP contribution in [0.4, 0.5) is 4.39 Å². The van der Waals surface area contributed by atoms with Crippen molar-refractivity contribution in [2.45, 2.75) is 6.42 Å². The van der Waals surface area contributed by atoms with E-state index >= 15 is 0 Å². The maximum Gasteiger partial charge on any atom is 0.171 e. The highest BCUT2D eigenvalue weighted by atomic mass is 79.9. The molecule has 0 saturated heterocycles. The van der Waals surface area contributed by atoms with E-state index in [2.05, 4.69) is 15.9 Å². The van der Waals surface area contributed by atoms with Gasteiger partial charge in [-0.1, -0.05) is 12.2 Å². The Balaban J connectivity index is 2.53. The van der Waals surface area contributed by atoms with E-state index in [0.717, 1.165) is 6.42 Å². The second-order valence-electron chi connectivity index (χ2n) is 3.60. The number of halogens is 2. The predicted octanol–water partition coefficient (Wildman–Crippen LogP) is 2.72. The molecule has 0 atom stereocenters. The minimum atomic E-state index is -0.362. The van der Waals surface area contributed by atoms with Crippen molar-refractivity contribution in [2.75, 3.05) is 19.8 Å². The van der Waals surface area contributed by atoms with Gasteiger partial charge in [0, 0.05) is 19.0 Å². The summed E-state index contributed by atoms with van der Waals surface area (Å²) in [5.41, 5.74) is 5.75. The number of nitrogens with two attached hydrogens (primary N) is 1. The van der Waals surface area contributed by atoms with Gasteiger partial charge in [-0.05, 0) is 15.9 Å². The molecule has 2 rings (SSSR count). The van der Waals surface area contributed by atoms with Crippen LogP contribution in [0.3, 0.4) is 0 Å². The molecule has 17 heavy (non-hydrogen) atoms. The van der Waals surface area contributed by atoms with Crippen molar-refractivity contribution in [3.05, 3.63) is 28.0 Å².